The molecule has 2 fully saturated rings. The highest BCUT2D eigenvalue weighted by atomic mass is 35.5. The van der Waals surface area contributed by atoms with Gasteiger partial charge < -0.3 is 31.7 Å². The van der Waals surface area contributed by atoms with Crippen molar-refractivity contribution in [2.24, 2.45) is 16.9 Å². The normalized spacial score (nSPS) is 17.7. The molecule has 0 aliphatic carbocycles. The predicted molar refractivity (Wildman–Crippen MR) is 148 cm³/mol. The van der Waals surface area contributed by atoms with Crippen LogP contribution in [-0.4, -0.2) is 42.2 Å². The van der Waals surface area contributed by atoms with Crippen LogP contribution < -0.4 is 26.8 Å². The quantitative estimate of drug-likeness (QED) is 0.345. The summed E-state index contributed by atoms with van der Waals surface area (Å²) in [5.74, 6) is -0.0654. The lowest BCUT2D eigenvalue weighted by atomic mass is 9.78. The predicted octanol–water partition coefficient (Wildman–Crippen LogP) is 4.81. The van der Waals surface area contributed by atoms with Crippen LogP contribution in [-0.2, 0) is 0 Å². The summed E-state index contributed by atoms with van der Waals surface area (Å²) in [5, 5.41) is 7.75. The number of likely N-dealkylation sites (tertiary alicyclic amines) is 1. The van der Waals surface area contributed by atoms with Crippen molar-refractivity contribution in [3.63, 3.8) is 0 Å². The van der Waals surface area contributed by atoms with Gasteiger partial charge in [-0.15, -0.1) is 0 Å². The molecule has 10 heteroatoms. The smallest absolute Gasteiger partial charge is 0.410 e. The Labute approximate surface area is 225 Å². The highest BCUT2D eigenvalue weighted by Gasteiger charge is 2.41. The van der Waals surface area contributed by atoms with E-state index in [0.717, 1.165) is 44.3 Å². The van der Waals surface area contributed by atoms with Crippen LogP contribution in [0.15, 0.2) is 66.6 Å². The number of carbonyl (C=O) groups excluding carboxylic acids is 1. The van der Waals surface area contributed by atoms with Crippen LogP contribution in [0.25, 0.3) is 16.6 Å². The number of aromatic nitrogens is 1. The maximum atomic E-state index is 14.2. The molecule has 8 nitrogen and oxygen atoms in total. The molecule has 38 heavy (non-hydrogen) atoms. The van der Waals surface area contributed by atoms with Crippen LogP contribution in [0.1, 0.15) is 24.8 Å². The lowest BCUT2D eigenvalue weighted by molar-refractivity contribution is 0.148. The van der Waals surface area contributed by atoms with Gasteiger partial charge in [0.1, 0.15) is 11.6 Å². The van der Waals surface area contributed by atoms with Gasteiger partial charge in [0.25, 0.3) is 0 Å². The monoisotopic (exact) mass is 536 g/mol. The Morgan fingerprint density at radius 3 is 2.79 bits per heavy atom. The third-order valence-corrected chi connectivity index (χ3v) is 7.52. The molecule has 2 aromatic carbocycles. The zero-order chi connectivity index (χ0) is 26.7. The summed E-state index contributed by atoms with van der Waals surface area (Å²) >= 11 is 5.99. The number of fused-ring (bicyclic) bond motifs is 1. The van der Waals surface area contributed by atoms with E-state index in [1.165, 1.54) is 30.5 Å². The Morgan fingerprint density at radius 1 is 1.18 bits per heavy atom. The molecule has 1 spiro atoms. The Bertz CT molecular complexity index is 1420. The van der Waals surface area contributed by atoms with Crippen molar-refractivity contribution in [1.29, 1.82) is 0 Å². The second kappa shape index (κ2) is 10.9. The van der Waals surface area contributed by atoms with E-state index < -0.39 is 5.82 Å². The van der Waals surface area contributed by atoms with E-state index in [4.69, 9.17) is 27.8 Å². The fourth-order valence-electron chi connectivity index (χ4n) is 5.17. The van der Waals surface area contributed by atoms with Gasteiger partial charge in [-0.3, -0.25) is 4.98 Å². The van der Waals surface area contributed by atoms with Crippen molar-refractivity contribution >= 4 is 40.0 Å². The van der Waals surface area contributed by atoms with Gasteiger partial charge in [0.05, 0.1) is 11.2 Å². The number of pyridine rings is 1. The van der Waals surface area contributed by atoms with E-state index in [1.807, 2.05) is 6.07 Å². The third-order valence-electron chi connectivity index (χ3n) is 7.29. The number of nitrogens with two attached hydrogens (primary N) is 2. The van der Waals surface area contributed by atoms with Crippen molar-refractivity contribution < 1.29 is 13.9 Å². The molecule has 1 amide bonds. The minimum absolute atomic E-state index is 0.162. The maximum Gasteiger partial charge on any atom is 0.415 e. The average Bonchev–Trinajstić information content (AvgIpc) is 3.33. The zero-order valence-corrected chi connectivity index (χ0v) is 21.6. The van der Waals surface area contributed by atoms with Gasteiger partial charge in [0.15, 0.2) is 0 Å². The van der Waals surface area contributed by atoms with Crippen LogP contribution in [0.3, 0.4) is 0 Å². The van der Waals surface area contributed by atoms with E-state index in [-0.39, 0.29) is 22.8 Å². The summed E-state index contributed by atoms with van der Waals surface area (Å²) in [6, 6.07) is 11.2. The van der Waals surface area contributed by atoms with E-state index in [2.05, 4.69) is 15.6 Å². The largest absolute Gasteiger partial charge is 0.415 e. The second-order valence-corrected chi connectivity index (χ2v) is 10.2. The number of hydrogen-bond donors (Lipinski definition) is 4. The number of benzene rings is 2. The average molecular weight is 537 g/mol. The Hall–Kier alpha value is -3.82. The lowest BCUT2D eigenvalue weighted by Gasteiger charge is -2.33. The van der Waals surface area contributed by atoms with Gasteiger partial charge in [-0.1, -0.05) is 11.6 Å². The first kappa shape index (κ1) is 25.8. The van der Waals surface area contributed by atoms with Gasteiger partial charge in [-0.2, -0.15) is 0 Å². The molecule has 5 rings (SSSR count). The first-order valence-electron chi connectivity index (χ1n) is 12.5. The summed E-state index contributed by atoms with van der Waals surface area (Å²) in [5.41, 5.74) is 14.3. The molecule has 198 valence electrons. The van der Waals surface area contributed by atoms with Crippen LogP contribution in [0, 0.1) is 11.2 Å². The van der Waals surface area contributed by atoms with Gasteiger partial charge in [0.2, 0.25) is 0 Å². The van der Waals surface area contributed by atoms with Crippen molar-refractivity contribution in [1.82, 2.24) is 15.2 Å². The maximum absolute atomic E-state index is 14.2. The highest BCUT2D eigenvalue weighted by Crippen LogP contribution is 2.39. The van der Waals surface area contributed by atoms with Gasteiger partial charge in [0, 0.05) is 58.9 Å². The number of ether oxygens (including phenoxy) is 1. The molecule has 0 radical (unpaired) electrons. The number of hydrogen-bond acceptors (Lipinski definition) is 7. The Morgan fingerprint density at radius 2 is 2.00 bits per heavy atom. The molecule has 2 saturated heterocycles. The summed E-state index contributed by atoms with van der Waals surface area (Å²) in [6.45, 7) is 3.44. The number of piperidine rings is 1. The van der Waals surface area contributed by atoms with Crippen LogP contribution in [0.5, 0.6) is 5.75 Å². The van der Waals surface area contributed by atoms with Gasteiger partial charge in [-0.25, -0.2) is 9.18 Å². The minimum atomic E-state index is -0.490. The van der Waals surface area contributed by atoms with Crippen molar-refractivity contribution in [3.8, 4) is 5.75 Å². The highest BCUT2D eigenvalue weighted by molar-refractivity contribution is 6.30. The molecule has 0 atom stereocenters. The molecule has 0 bridgehead atoms. The summed E-state index contributed by atoms with van der Waals surface area (Å²) in [4.78, 5) is 19.1. The van der Waals surface area contributed by atoms with Crippen molar-refractivity contribution in [2.45, 2.75) is 19.3 Å². The van der Waals surface area contributed by atoms with Crippen molar-refractivity contribution in [3.05, 3.63) is 83.0 Å². The summed E-state index contributed by atoms with van der Waals surface area (Å²) in [7, 11) is 0. The standard InChI is InChI=1S/C28H30ClFN6O2/c29-18-1-4-23(30)22(13-18)24(32)14-19(16-31)35-25-5-9-34-26-15-20(2-3-21(25)26)38-27(37)36-12-8-28(17-36)6-10-33-11-7-28/h1-5,9,13-16,33H,6-8,10-12,17,31-32H2,(H,34,35)/b19-16+,24-14-. The SMILES string of the molecule is N/C=C(\C=C(/N)c1cc(Cl)ccc1F)Nc1ccnc2cc(OC(=O)N3CCC4(CCNCC4)C3)ccc12. The molecule has 3 aromatic rings. The van der Waals surface area contributed by atoms with E-state index in [1.54, 1.807) is 29.3 Å². The molecule has 3 heterocycles. The third kappa shape index (κ3) is 5.54. The van der Waals surface area contributed by atoms with Crippen LogP contribution in [0.2, 0.25) is 5.02 Å². The summed E-state index contributed by atoms with van der Waals surface area (Å²) in [6.07, 6.45) is 7.34. The number of halogens is 2. The molecule has 0 saturated carbocycles. The van der Waals surface area contributed by atoms with Crippen LogP contribution >= 0.6 is 11.6 Å². The number of anilines is 1. The van der Waals surface area contributed by atoms with E-state index in [9.17, 15) is 9.18 Å². The fourth-order valence-corrected chi connectivity index (χ4v) is 5.34. The number of allylic oxidation sites excluding steroid dienone is 1. The Balaban J connectivity index is 1.30. The first-order valence-corrected chi connectivity index (χ1v) is 12.9. The molecule has 1 aromatic heterocycles. The fraction of sp³-hybridized carbons (Fsp3) is 0.286. The molecular weight excluding hydrogens is 507 g/mol. The molecule has 2 aliphatic heterocycles. The molecule has 2 aliphatic rings. The van der Waals surface area contributed by atoms with Crippen LogP contribution in [0.4, 0.5) is 14.9 Å². The number of nitrogens with one attached hydrogen (secondary N) is 2. The minimum Gasteiger partial charge on any atom is -0.410 e. The van der Waals surface area contributed by atoms with Gasteiger partial charge in [-0.05, 0) is 80.2 Å². The molecular formula is C28H30ClFN6O2. The number of amides is 1. The second-order valence-electron chi connectivity index (χ2n) is 9.80. The molecule has 6 N–H and O–H groups in total. The molecule has 0 unspecified atom stereocenters. The number of carbonyl (C=O) groups is 1. The summed E-state index contributed by atoms with van der Waals surface area (Å²) < 4.78 is 19.9. The Kier molecular flexibility index (Phi) is 7.40. The van der Waals surface area contributed by atoms with Crippen molar-refractivity contribution in [2.75, 3.05) is 31.5 Å². The van der Waals surface area contributed by atoms with Gasteiger partial charge >= 0.3 is 6.09 Å². The lowest BCUT2D eigenvalue weighted by Crippen LogP contribution is -2.40. The van der Waals surface area contributed by atoms with E-state index >= 15 is 0 Å². The topological polar surface area (TPSA) is 119 Å². The zero-order valence-electron chi connectivity index (χ0n) is 20.8. The number of rotatable bonds is 5. The van der Waals surface area contributed by atoms with E-state index in [0.29, 0.717) is 34.2 Å². The number of nitrogens with zero attached hydrogens (tertiary/aromatic N) is 2. The first-order chi connectivity index (χ1) is 18.4.